The standard InChI is InChI=1S/C12H17N3O2/c1-8-4-2-3-5-9(8)15-12(17)10-6-14-11(16)7-13-10/h6-9H,2-5H2,1H3,(H,14,16)(H,15,17). The molecule has 1 aromatic heterocycles. The van der Waals surface area contributed by atoms with Gasteiger partial charge in [0.15, 0.2) is 0 Å². The van der Waals surface area contributed by atoms with Gasteiger partial charge >= 0.3 is 0 Å². The highest BCUT2D eigenvalue weighted by Crippen LogP contribution is 2.23. The SMILES string of the molecule is CC1CCCCC1NC(=O)c1c[nH]c(=O)cn1. The second-order valence-corrected chi connectivity index (χ2v) is 4.64. The maximum absolute atomic E-state index is 11.9. The van der Waals surface area contributed by atoms with Crippen molar-refractivity contribution in [1.29, 1.82) is 0 Å². The highest BCUT2D eigenvalue weighted by molar-refractivity contribution is 5.92. The van der Waals surface area contributed by atoms with Gasteiger partial charge in [0.25, 0.3) is 11.5 Å². The zero-order valence-corrected chi connectivity index (χ0v) is 9.90. The summed E-state index contributed by atoms with van der Waals surface area (Å²) in [6.07, 6.45) is 7.06. The van der Waals surface area contributed by atoms with E-state index in [4.69, 9.17) is 0 Å². The highest BCUT2D eigenvalue weighted by Gasteiger charge is 2.23. The Balaban J connectivity index is 2.01. The van der Waals surface area contributed by atoms with Gasteiger partial charge in [0.2, 0.25) is 0 Å². The monoisotopic (exact) mass is 235 g/mol. The Hall–Kier alpha value is -1.65. The predicted octanol–water partition coefficient (Wildman–Crippen LogP) is 1.08. The van der Waals surface area contributed by atoms with Crippen LogP contribution in [0.2, 0.25) is 0 Å². The molecule has 1 aliphatic rings. The summed E-state index contributed by atoms with van der Waals surface area (Å²) in [5.41, 5.74) is -0.0324. The lowest BCUT2D eigenvalue weighted by Gasteiger charge is -2.29. The van der Waals surface area contributed by atoms with Gasteiger partial charge in [-0.1, -0.05) is 19.8 Å². The number of aromatic amines is 1. The van der Waals surface area contributed by atoms with Crippen LogP contribution in [0.25, 0.3) is 0 Å². The van der Waals surface area contributed by atoms with E-state index >= 15 is 0 Å². The fourth-order valence-electron chi connectivity index (χ4n) is 2.24. The van der Waals surface area contributed by atoms with E-state index in [1.807, 2.05) is 0 Å². The van der Waals surface area contributed by atoms with Crippen molar-refractivity contribution in [3.8, 4) is 0 Å². The summed E-state index contributed by atoms with van der Waals surface area (Å²) < 4.78 is 0. The van der Waals surface area contributed by atoms with Crippen molar-refractivity contribution in [1.82, 2.24) is 15.3 Å². The number of carbonyl (C=O) groups excluding carboxylic acids is 1. The average Bonchev–Trinajstić information content (AvgIpc) is 2.33. The third-order valence-electron chi connectivity index (χ3n) is 3.33. The van der Waals surface area contributed by atoms with Gasteiger partial charge in [0.05, 0.1) is 6.20 Å². The molecule has 5 heteroatoms. The number of nitrogens with zero attached hydrogens (tertiary/aromatic N) is 1. The Bertz CT molecular complexity index is 435. The zero-order valence-electron chi connectivity index (χ0n) is 9.90. The summed E-state index contributed by atoms with van der Waals surface area (Å²) in [6, 6.07) is 0.227. The molecule has 5 nitrogen and oxygen atoms in total. The quantitative estimate of drug-likeness (QED) is 0.805. The van der Waals surface area contributed by atoms with E-state index in [-0.39, 0.29) is 23.2 Å². The molecule has 0 saturated heterocycles. The lowest BCUT2D eigenvalue weighted by molar-refractivity contribution is 0.0904. The lowest BCUT2D eigenvalue weighted by Crippen LogP contribution is -2.41. The molecule has 1 amide bonds. The van der Waals surface area contributed by atoms with Crippen LogP contribution in [0.4, 0.5) is 0 Å². The number of nitrogens with one attached hydrogen (secondary N) is 2. The molecule has 0 aliphatic heterocycles. The van der Waals surface area contributed by atoms with Crippen LogP contribution in [0, 0.1) is 5.92 Å². The lowest BCUT2D eigenvalue weighted by atomic mass is 9.86. The third-order valence-corrected chi connectivity index (χ3v) is 3.33. The van der Waals surface area contributed by atoms with E-state index in [9.17, 15) is 9.59 Å². The minimum Gasteiger partial charge on any atom is -0.348 e. The molecule has 1 aliphatic carbocycles. The van der Waals surface area contributed by atoms with Crippen LogP contribution in [0.1, 0.15) is 43.1 Å². The summed E-state index contributed by atoms with van der Waals surface area (Å²) in [7, 11) is 0. The van der Waals surface area contributed by atoms with E-state index in [1.54, 1.807) is 0 Å². The molecule has 92 valence electrons. The van der Waals surface area contributed by atoms with E-state index in [0.717, 1.165) is 25.5 Å². The van der Waals surface area contributed by atoms with Gasteiger partial charge in [-0.3, -0.25) is 9.59 Å². The second kappa shape index (κ2) is 5.12. The minimum atomic E-state index is -0.299. The fourth-order valence-corrected chi connectivity index (χ4v) is 2.24. The number of aromatic nitrogens is 2. The van der Waals surface area contributed by atoms with Crippen LogP contribution in [-0.2, 0) is 0 Å². The van der Waals surface area contributed by atoms with E-state index in [1.165, 1.54) is 12.6 Å². The Labute approximate surface area is 99.7 Å². The summed E-state index contributed by atoms with van der Waals surface area (Å²) in [6.45, 7) is 2.16. The number of amides is 1. The second-order valence-electron chi connectivity index (χ2n) is 4.64. The average molecular weight is 235 g/mol. The first-order chi connectivity index (χ1) is 8.16. The molecular weight excluding hydrogens is 218 g/mol. The van der Waals surface area contributed by atoms with E-state index < -0.39 is 0 Å². The molecule has 2 unspecified atom stereocenters. The zero-order chi connectivity index (χ0) is 12.3. The molecule has 0 bridgehead atoms. The number of rotatable bonds is 2. The number of hydrogen-bond acceptors (Lipinski definition) is 3. The van der Waals surface area contributed by atoms with E-state index in [2.05, 4.69) is 22.2 Å². The van der Waals surface area contributed by atoms with Crippen molar-refractivity contribution in [2.24, 2.45) is 5.92 Å². The number of hydrogen-bond donors (Lipinski definition) is 2. The number of carbonyl (C=O) groups is 1. The summed E-state index contributed by atoms with van der Waals surface area (Å²) in [5.74, 6) is 0.301. The normalized spacial score (nSPS) is 24.3. The van der Waals surface area contributed by atoms with Gasteiger partial charge in [-0.05, 0) is 18.8 Å². The highest BCUT2D eigenvalue weighted by atomic mass is 16.2. The summed E-state index contributed by atoms with van der Waals surface area (Å²) >= 11 is 0. The smallest absolute Gasteiger partial charge is 0.271 e. The van der Waals surface area contributed by atoms with Gasteiger partial charge in [0, 0.05) is 12.2 Å². The van der Waals surface area contributed by atoms with Crippen LogP contribution in [0.15, 0.2) is 17.2 Å². The van der Waals surface area contributed by atoms with Gasteiger partial charge in [0.1, 0.15) is 5.69 Å². The molecule has 1 fully saturated rings. The molecule has 2 N–H and O–H groups in total. The Morgan fingerprint density at radius 3 is 2.88 bits per heavy atom. The van der Waals surface area contributed by atoms with Crippen molar-refractivity contribution in [2.45, 2.75) is 38.6 Å². The third kappa shape index (κ3) is 2.93. The van der Waals surface area contributed by atoms with Crippen LogP contribution in [0.3, 0.4) is 0 Å². The largest absolute Gasteiger partial charge is 0.348 e. The minimum absolute atomic E-state index is 0.208. The van der Waals surface area contributed by atoms with Gasteiger partial charge < -0.3 is 10.3 Å². The summed E-state index contributed by atoms with van der Waals surface area (Å²) in [4.78, 5) is 29.0. The van der Waals surface area contributed by atoms with Crippen molar-refractivity contribution in [3.05, 3.63) is 28.4 Å². The van der Waals surface area contributed by atoms with Crippen molar-refractivity contribution < 1.29 is 4.79 Å². The molecular formula is C12H17N3O2. The molecule has 0 radical (unpaired) electrons. The molecule has 1 aromatic rings. The fraction of sp³-hybridized carbons (Fsp3) is 0.583. The first-order valence-electron chi connectivity index (χ1n) is 6.02. The van der Waals surface area contributed by atoms with Gasteiger partial charge in [-0.15, -0.1) is 0 Å². The molecule has 17 heavy (non-hydrogen) atoms. The van der Waals surface area contributed by atoms with Gasteiger partial charge in [-0.25, -0.2) is 4.98 Å². The molecule has 1 saturated carbocycles. The Morgan fingerprint density at radius 2 is 2.24 bits per heavy atom. The molecule has 2 rings (SSSR count). The van der Waals surface area contributed by atoms with Crippen molar-refractivity contribution in [2.75, 3.05) is 0 Å². The predicted molar refractivity (Wildman–Crippen MR) is 63.7 cm³/mol. The first-order valence-corrected chi connectivity index (χ1v) is 6.02. The van der Waals surface area contributed by atoms with Gasteiger partial charge in [-0.2, -0.15) is 0 Å². The summed E-state index contributed by atoms with van der Waals surface area (Å²) in [5, 5.41) is 2.98. The van der Waals surface area contributed by atoms with E-state index in [0.29, 0.717) is 5.92 Å². The van der Waals surface area contributed by atoms with Crippen LogP contribution < -0.4 is 10.9 Å². The molecule has 1 heterocycles. The Kier molecular flexibility index (Phi) is 3.56. The van der Waals surface area contributed by atoms with Crippen LogP contribution in [-0.4, -0.2) is 21.9 Å². The van der Waals surface area contributed by atoms with Crippen LogP contribution in [0.5, 0.6) is 0 Å². The molecule has 0 spiro atoms. The Morgan fingerprint density at radius 1 is 1.47 bits per heavy atom. The first kappa shape index (κ1) is 11.8. The van der Waals surface area contributed by atoms with Crippen molar-refractivity contribution >= 4 is 5.91 Å². The maximum atomic E-state index is 11.9. The van der Waals surface area contributed by atoms with Crippen molar-refractivity contribution in [3.63, 3.8) is 0 Å². The molecule has 0 aromatic carbocycles. The van der Waals surface area contributed by atoms with Crippen LogP contribution >= 0.6 is 0 Å². The maximum Gasteiger partial charge on any atom is 0.271 e. The molecule has 2 atom stereocenters. The number of H-pyrrole nitrogens is 1. The topological polar surface area (TPSA) is 74.8 Å².